The van der Waals surface area contributed by atoms with E-state index in [9.17, 15) is 4.79 Å². The van der Waals surface area contributed by atoms with E-state index in [0.717, 1.165) is 16.9 Å². The number of pyridine rings is 1. The molecule has 1 amide bonds. The molecule has 120 valence electrons. The van der Waals surface area contributed by atoms with E-state index in [0.29, 0.717) is 17.1 Å². The standard InChI is InChI=1S/C20H18N2O2/c1-14-7-3-5-9-17(14)20(23)22-16-11-12-19(21-13-16)24-18-10-6-4-8-15(18)2/h3-13H,1-2H3,(H,22,23). The number of nitrogens with zero attached hydrogens (tertiary/aromatic N) is 1. The monoisotopic (exact) mass is 318 g/mol. The zero-order valence-electron chi connectivity index (χ0n) is 13.6. The highest BCUT2D eigenvalue weighted by molar-refractivity contribution is 6.05. The molecule has 0 bridgehead atoms. The van der Waals surface area contributed by atoms with E-state index >= 15 is 0 Å². The first kappa shape index (κ1) is 15.7. The van der Waals surface area contributed by atoms with Crippen molar-refractivity contribution in [3.63, 3.8) is 0 Å². The zero-order chi connectivity index (χ0) is 16.9. The number of ether oxygens (including phenoxy) is 1. The predicted octanol–water partition coefficient (Wildman–Crippen LogP) is 4.74. The van der Waals surface area contributed by atoms with Gasteiger partial charge in [-0.15, -0.1) is 0 Å². The van der Waals surface area contributed by atoms with Gasteiger partial charge in [-0.25, -0.2) is 4.98 Å². The van der Waals surface area contributed by atoms with Crippen LogP contribution in [0.2, 0.25) is 0 Å². The Morgan fingerprint density at radius 1 is 0.917 bits per heavy atom. The van der Waals surface area contributed by atoms with Crippen molar-refractivity contribution in [2.75, 3.05) is 5.32 Å². The van der Waals surface area contributed by atoms with Crippen LogP contribution in [0.5, 0.6) is 11.6 Å². The number of aromatic nitrogens is 1. The van der Waals surface area contributed by atoms with E-state index in [2.05, 4.69) is 10.3 Å². The molecule has 0 fully saturated rings. The number of hydrogen-bond acceptors (Lipinski definition) is 3. The fraction of sp³-hybridized carbons (Fsp3) is 0.100. The lowest BCUT2D eigenvalue weighted by Gasteiger charge is -2.09. The number of para-hydroxylation sites is 1. The highest BCUT2D eigenvalue weighted by Crippen LogP contribution is 2.23. The molecule has 0 spiro atoms. The van der Waals surface area contributed by atoms with Gasteiger partial charge < -0.3 is 10.1 Å². The van der Waals surface area contributed by atoms with Gasteiger partial charge in [-0.1, -0.05) is 36.4 Å². The second kappa shape index (κ2) is 6.96. The van der Waals surface area contributed by atoms with Gasteiger partial charge in [0.25, 0.3) is 5.91 Å². The molecule has 24 heavy (non-hydrogen) atoms. The number of rotatable bonds is 4. The third kappa shape index (κ3) is 3.60. The molecule has 1 N–H and O–H groups in total. The van der Waals surface area contributed by atoms with Gasteiger partial charge in [0.15, 0.2) is 0 Å². The number of hydrogen-bond donors (Lipinski definition) is 1. The van der Waals surface area contributed by atoms with Crippen LogP contribution in [0.4, 0.5) is 5.69 Å². The number of benzene rings is 2. The summed E-state index contributed by atoms with van der Waals surface area (Å²) in [6.45, 7) is 3.89. The normalized spacial score (nSPS) is 10.2. The minimum absolute atomic E-state index is 0.150. The van der Waals surface area contributed by atoms with Crippen LogP contribution in [0.15, 0.2) is 66.9 Å². The van der Waals surface area contributed by atoms with Crippen molar-refractivity contribution in [2.45, 2.75) is 13.8 Å². The summed E-state index contributed by atoms with van der Waals surface area (Å²) in [5.41, 5.74) is 3.25. The molecule has 3 aromatic rings. The van der Waals surface area contributed by atoms with Crippen LogP contribution in [-0.2, 0) is 0 Å². The molecule has 4 nitrogen and oxygen atoms in total. The van der Waals surface area contributed by atoms with Crippen molar-refractivity contribution in [2.24, 2.45) is 0 Å². The topological polar surface area (TPSA) is 51.2 Å². The molecule has 0 radical (unpaired) electrons. The van der Waals surface area contributed by atoms with Crippen LogP contribution in [0.3, 0.4) is 0 Å². The number of anilines is 1. The Balaban J connectivity index is 1.70. The Hall–Kier alpha value is -3.14. The average Bonchev–Trinajstić information content (AvgIpc) is 2.59. The number of amides is 1. The largest absolute Gasteiger partial charge is 0.439 e. The third-order valence-electron chi connectivity index (χ3n) is 3.69. The summed E-state index contributed by atoms with van der Waals surface area (Å²) in [6, 6.07) is 18.7. The van der Waals surface area contributed by atoms with Crippen molar-refractivity contribution >= 4 is 11.6 Å². The van der Waals surface area contributed by atoms with E-state index < -0.39 is 0 Å². The molecule has 0 saturated carbocycles. The number of carbonyl (C=O) groups is 1. The summed E-state index contributed by atoms with van der Waals surface area (Å²) < 4.78 is 5.75. The van der Waals surface area contributed by atoms with Gasteiger partial charge in [-0.2, -0.15) is 0 Å². The van der Waals surface area contributed by atoms with Gasteiger partial charge in [0.05, 0.1) is 11.9 Å². The molecular formula is C20H18N2O2. The van der Waals surface area contributed by atoms with Gasteiger partial charge >= 0.3 is 0 Å². The lowest BCUT2D eigenvalue weighted by atomic mass is 10.1. The third-order valence-corrected chi connectivity index (χ3v) is 3.69. The van der Waals surface area contributed by atoms with E-state index in [1.807, 2.05) is 56.3 Å². The lowest BCUT2D eigenvalue weighted by Crippen LogP contribution is -2.13. The maximum Gasteiger partial charge on any atom is 0.255 e. The maximum atomic E-state index is 12.3. The number of nitrogens with one attached hydrogen (secondary N) is 1. The van der Waals surface area contributed by atoms with Gasteiger partial charge in [0.1, 0.15) is 5.75 Å². The molecule has 0 aliphatic carbocycles. The summed E-state index contributed by atoms with van der Waals surface area (Å²) in [5, 5.41) is 2.84. The second-order valence-corrected chi connectivity index (χ2v) is 5.52. The van der Waals surface area contributed by atoms with Crippen molar-refractivity contribution in [3.8, 4) is 11.6 Å². The Morgan fingerprint density at radius 2 is 1.62 bits per heavy atom. The van der Waals surface area contributed by atoms with E-state index in [1.54, 1.807) is 24.4 Å². The summed E-state index contributed by atoms with van der Waals surface area (Å²) >= 11 is 0. The molecule has 0 aliphatic heterocycles. The Kier molecular flexibility index (Phi) is 4.57. The fourth-order valence-corrected chi connectivity index (χ4v) is 2.32. The predicted molar refractivity (Wildman–Crippen MR) is 94.6 cm³/mol. The molecule has 1 heterocycles. The first-order valence-corrected chi connectivity index (χ1v) is 7.70. The number of carbonyl (C=O) groups excluding carboxylic acids is 1. The molecule has 2 aromatic carbocycles. The first-order valence-electron chi connectivity index (χ1n) is 7.70. The summed E-state index contributed by atoms with van der Waals surface area (Å²) in [7, 11) is 0. The molecule has 0 aliphatic rings. The molecular weight excluding hydrogens is 300 g/mol. The van der Waals surface area contributed by atoms with Crippen LogP contribution < -0.4 is 10.1 Å². The summed E-state index contributed by atoms with van der Waals surface area (Å²) in [5.74, 6) is 1.10. The smallest absolute Gasteiger partial charge is 0.255 e. The quantitative estimate of drug-likeness (QED) is 0.755. The minimum Gasteiger partial charge on any atom is -0.439 e. The zero-order valence-corrected chi connectivity index (χ0v) is 13.6. The molecule has 0 atom stereocenters. The van der Waals surface area contributed by atoms with Gasteiger partial charge in [-0.05, 0) is 43.2 Å². The van der Waals surface area contributed by atoms with Gasteiger partial charge in [0, 0.05) is 11.6 Å². The lowest BCUT2D eigenvalue weighted by molar-refractivity contribution is 0.102. The first-order chi connectivity index (χ1) is 11.6. The fourth-order valence-electron chi connectivity index (χ4n) is 2.32. The highest BCUT2D eigenvalue weighted by Gasteiger charge is 2.09. The minimum atomic E-state index is -0.150. The Bertz CT molecular complexity index is 858. The second-order valence-electron chi connectivity index (χ2n) is 5.52. The highest BCUT2D eigenvalue weighted by atomic mass is 16.5. The van der Waals surface area contributed by atoms with Crippen LogP contribution in [0, 0.1) is 13.8 Å². The van der Waals surface area contributed by atoms with Crippen LogP contribution >= 0.6 is 0 Å². The van der Waals surface area contributed by atoms with Gasteiger partial charge in [-0.3, -0.25) is 4.79 Å². The van der Waals surface area contributed by atoms with Crippen molar-refractivity contribution in [3.05, 3.63) is 83.6 Å². The molecule has 1 aromatic heterocycles. The molecule has 3 rings (SSSR count). The number of aryl methyl sites for hydroxylation is 2. The summed E-state index contributed by atoms with van der Waals surface area (Å²) in [6.07, 6.45) is 1.59. The molecule has 0 saturated heterocycles. The van der Waals surface area contributed by atoms with Crippen molar-refractivity contribution < 1.29 is 9.53 Å². The molecule has 0 unspecified atom stereocenters. The van der Waals surface area contributed by atoms with Crippen LogP contribution in [0.1, 0.15) is 21.5 Å². The molecule has 4 heteroatoms. The van der Waals surface area contributed by atoms with Crippen molar-refractivity contribution in [1.29, 1.82) is 0 Å². The van der Waals surface area contributed by atoms with Gasteiger partial charge in [0.2, 0.25) is 5.88 Å². The summed E-state index contributed by atoms with van der Waals surface area (Å²) in [4.78, 5) is 16.5. The Labute approximate surface area is 141 Å². The maximum absolute atomic E-state index is 12.3. The average molecular weight is 318 g/mol. The van der Waals surface area contributed by atoms with Crippen LogP contribution in [0.25, 0.3) is 0 Å². The van der Waals surface area contributed by atoms with Crippen LogP contribution in [-0.4, -0.2) is 10.9 Å². The van der Waals surface area contributed by atoms with E-state index in [4.69, 9.17) is 4.74 Å². The van der Waals surface area contributed by atoms with E-state index in [1.165, 1.54) is 0 Å². The Morgan fingerprint density at radius 3 is 2.29 bits per heavy atom. The SMILES string of the molecule is Cc1ccccc1Oc1ccc(NC(=O)c2ccccc2C)cn1. The van der Waals surface area contributed by atoms with E-state index in [-0.39, 0.29) is 5.91 Å². The van der Waals surface area contributed by atoms with Crippen molar-refractivity contribution in [1.82, 2.24) is 4.98 Å².